The summed E-state index contributed by atoms with van der Waals surface area (Å²) in [5.74, 6) is 0. The zero-order valence-corrected chi connectivity index (χ0v) is 4.85. The minimum absolute atomic E-state index is 0.872. The average molecular weight is 113 g/mol. The average Bonchev–Trinajstić information content (AvgIpc) is 1.90. The largest absolute Gasteiger partial charge is 0.516 e. The Morgan fingerprint density at radius 1 is 1.62 bits per heavy atom. The van der Waals surface area contributed by atoms with Gasteiger partial charge in [0.2, 0.25) is 0 Å². The van der Waals surface area contributed by atoms with Crippen molar-refractivity contribution in [1.29, 1.82) is 0 Å². The van der Waals surface area contributed by atoms with Gasteiger partial charge < -0.3 is 10.4 Å². The van der Waals surface area contributed by atoms with Crippen molar-refractivity contribution in [3.8, 4) is 0 Å². The second-order valence-electron chi connectivity index (χ2n) is 2.07. The van der Waals surface area contributed by atoms with E-state index >= 15 is 0 Å². The molecule has 2 nitrogen and oxygen atoms in total. The van der Waals surface area contributed by atoms with Crippen molar-refractivity contribution < 1.29 is 5.11 Å². The van der Waals surface area contributed by atoms with Crippen LogP contribution in [-0.4, -0.2) is 18.2 Å². The van der Waals surface area contributed by atoms with E-state index in [1.54, 1.807) is 0 Å². The highest BCUT2D eigenvalue weighted by Crippen LogP contribution is 2.05. The van der Waals surface area contributed by atoms with Crippen LogP contribution in [0.3, 0.4) is 0 Å². The SMILES string of the molecule is O/C=C1/CCCNC1. The molecule has 1 fully saturated rings. The van der Waals surface area contributed by atoms with E-state index in [2.05, 4.69) is 5.32 Å². The minimum Gasteiger partial charge on any atom is -0.516 e. The van der Waals surface area contributed by atoms with Gasteiger partial charge in [-0.15, -0.1) is 0 Å². The zero-order chi connectivity index (χ0) is 5.82. The third kappa shape index (κ3) is 1.23. The van der Waals surface area contributed by atoms with E-state index in [0.717, 1.165) is 31.5 Å². The molecule has 0 bridgehead atoms. The molecule has 0 aromatic rings. The third-order valence-corrected chi connectivity index (χ3v) is 1.39. The fourth-order valence-electron chi connectivity index (χ4n) is 0.888. The van der Waals surface area contributed by atoms with Crippen LogP contribution in [0.1, 0.15) is 12.8 Å². The molecule has 0 unspecified atom stereocenters. The molecule has 1 aliphatic heterocycles. The highest BCUT2D eigenvalue weighted by atomic mass is 16.2. The Morgan fingerprint density at radius 3 is 2.88 bits per heavy atom. The highest BCUT2D eigenvalue weighted by Gasteiger charge is 2.02. The van der Waals surface area contributed by atoms with Gasteiger partial charge >= 0.3 is 0 Å². The summed E-state index contributed by atoms with van der Waals surface area (Å²) in [7, 11) is 0. The van der Waals surface area contributed by atoms with Gasteiger partial charge in [0.05, 0.1) is 6.26 Å². The first-order valence-electron chi connectivity index (χ1n) is 2.96. The number of rotatable bonds is 0. The van der Waals surface area contributed by atoms with Crippen molar-refractivity contribution in [3.05, 3.63) is 11.8 Å². The van der Waals surface area contributed by atoms with Gasteiger partial charge in [-0.05, 0) is 25.0 Å². The number of hydrogen-bond donors (Lipinski definition) is 2. The number of aliphatic hydroxyl groups excluding tert-OH is 1. The van der Waals surface area contributed by atoms with Crippen LogP contribution in [0.4, 0.5) is 0 Å². The molecule has 0 aromatic carbocycles. The van der Waals surface area contributed by atoms with Crippen LogP contribution in [-0.2, 0) is 0 Å². The molecule has 1 rings (SSSR count). The van der Waals surface area contributed by atoms with Crippen LogP contribution in [0.5, 0.6) is 0 Å². The topological polar surface area (TPSA) is 32.3 Å². The highest BCUT2D eigenvalue weighted by molar-refractivity contribution is 5.01. The first-order chi connectivity index (χ1) is 3.93. The Morgan fingerprint density at radius 2 is 2.50 bits per heavy atom. The van der Waals surface area contributed by atoms with E-state index in [9.17, 15) is 0 Å². The first-order valence-corrected chi connectivity index (χ1v) is 2.96. The summed E-state index contributed by atoms with van der Waals surface area (Å²) in [5.41, 5.74) is 1.12. The van der Waals surface area contributed by atoms with E-state index in [1.807, 2.05) is 0 Å². The Hall–Kier alpha value is -0.500. The Balaban J connectivity index is 2.33. The van der Waals surface area contributed by atoms with Crippen molar-refractivity contribution in [2.75, 3.05) is 13.1 Å². The molecule has 0 amide bonds. The summed E-state index contributed by atoms with van der Waals surface area (Å²) >= 11 is 0. The summed E-state index contributed by atoms with van der Waals surface area (Å²) in [6.07, 6.45) is 3.43. The monoisotopic (exact) mass is 113 g/mol. The standard InChI is InChI=1S/C6H11NO/c8-5-6-2-1-3-7-4-6/h5,7-8H,1-4H2/b6-5-. The Labute approximate surface area is 49.2 Å². The molecular weight excluding hydrogens is 102 g/mol. The van der Waals surface area contributed by atoms with Crippen LogP contribution in [0.25, 0.3) is 0 Å². The molecule has 1 aliphatic rings. The number of piperidine rings is 1. The molecule has 2 N–H and O–H groups in total. The van der Waals surface area contributed by atoms with Crippen molar-refractivity contribution in [1.82, 2.24) is 5.32 Å². The summed E-state index contributed by atoms with van der Waals surface area (Å²) in [6, 6.07) is 0. The maximum atomic E-state index is 8.49. The molecule has 1 heterocycles. The molecule has 1 saturated heterocycles. The van der Waals surface area contributed by atoms with Gasteiger partial charge in [0.15, 0.2) is 0 Å². The van der Waals surface area contributed by atoms with Crippen LogP contribution in [0, 0.1) is 0 Å². The first kappa shape index (κ1) is 5.63. The fourth-order valence-corrected chi connectivity index (χ4v) is 0.888. The number of hydrogen-bond acceptors (Lipinski definition) is 2. The van der Waals surface area contributed by atoms with Crippen LogP contribution in [0.2, 0.25) is 0 Å². The molecule has 0 radical (unpaired) electrons. The molecule has 0 spiro atoms. The van der Waals surface area contributed by atoms with Gasteiger partial charge in [0, 0.05) is 6.54 Å². The number of nitrogens with one attached hydrogen (secondary N) is 1. The zero-order valence-electron chi connectivity index (χ0n) is 4.85. The lowest BCUT2D eigenvalue weighted by Gasteiger charge is -2.12. The molecule has 0 saturated carbocycles. The van der Waals surface area contributed by atoms with Crippen molar-refractivity contribution >= 4 is 0 Å². The van der Waals surface area contributed by atoms with Gasteiger partial charge in [-0.1, -0.05) is 0 Å². The predicted octanol–water partition coefficient (Wildman–Crippen LogP) is 0.812. The van der Waals surface area contributed by atoms with Crippen molar-refractivity contribution in [2.24, 2.45) is 0 Å². The summed E-state index contributed by atoms with van der Waals surface area (Å²) in [4.78, 5) is 0. The smallest absolute Gasteiger partial charge is 0.0796 e. The molecule has 0 aliphatic carbocycles. The van der Waals surface area contributed by atoms with Crippen LogP contribution >= 0.6 is 0 Å². The third-order valence-electron chi connectivity index (χ3n) is 1.39. The van der Waals surface area contributed by atoms with E-state index in [-0.39, 0.29) is 0 Å². The second-order valence-corrected chi connectivity index (χ2v) is 2.07. The fraction of sp³-hybridized carbons (Fsp3) is 0.667. The molecule has 0 atom stereocenters. The quantitative estimate of drug-likeness (QED) is 0.456. The lowest BCUT2D eigenvalue weighted by molar-refractivity contribution is 0.453. The molecule has 0 aromatic heterocycles. The van der Waals surface area contributed by atoms with E-state index in [0.29, 0.717) is 0 Å². The second kappa shape index (κ2) is 2.72. The van der Waals surface area contributed by atoms with Crippen molar-refractivity contribution in [3.63, 3.8) is 0 Å². The summed E-state index contributed by atoms with van der Waals surface area (Å²) < 4.78 is 0. The lowest BCUT2D eigenvalue weighted by atomic mass is 10.1. The van der Waals surface area contributed by atoms with Crippen molar-refractivity contribution in [2.45, 2.75) is 12.8 Å². The van der Waals surface area contributed by atoms with Gasteiger partial charge in [-0.2, -0.15) is 0 Å². The number of aliphatic hydroxyl groups is 1. The molecule has 46 valence electrons. The maximum Gasteiger partial charge on any atom is 0.0796 e. The maximum absolute atomic E-state index is 8.49. The Kier molecular flexibility index (Phi) is 1.92. The van der Waals surface area contributed by atoms with E-state index in [1.165, 1.54) is 6.26 Å². The lowest BCUT2D eigenvalue weighted by Crippen LogP contribution is -2.23. The van der Waals surface area contributed by atoms with Gasteiger partial charge in [-0.3, -0.25) is 0 Å². The van der Waals surface area contributed by atoms with Crippen LogP contribution in [0.15, 0.2) is 11.8 Å². The Bertz CT molecular complexity index is 90.7. The minimum atomic E-state index is 0.872. The van der Waals surface area contributed by atoms with E-state index in [4.69, 9.17) is 5.11 Å². The molecule has 8 heavy (non-hydrogen) atoms. The van der Waals surface area contributed by atoms with E-state index < -0.39 is 0 Å². The summed E-state index contributed by atoms with van der Waals surface area (Å²) in [6.45, 7) is 1.97. The van der Waals surface area contributed by atoms with Gasteiger partial charge in [0.1, 0.15) is 0 Å². The summed E-state index contributed by atoms with van der Waals surface area (Å²) in [5, 5.41) is 11.6. The molecular formula is C6H11NO. The normalized spacial score (nSPS) is 26.2. The predicted molar refractivity (Wildman–Crippen MR) is 32.8 cm³/mol. The van der Waals surface area contributed by atoms with Crippen LogP contribution < -0.4 is 5.32 Å². The van der Waals surface area contributed by atoms with Gasteiger partial charge in [-0.25, -0.2) is 0 Å². The van der Waals surface area contributed by atoms with Gasteiger partial charge in [0.25, 0.3) is 0 Å². The molecule has 2 heteroatoms.